The molecule has 1 heterocycles. The topological polar surface area (TPSA) is 115 Å². The minimum atomic E-state index is -1.17. The zero-order valence-electron chi connectivity index (χ0n) is 37.2. The second-order valence-corrected chi connectivity index (χ2v) is 16.2. The van der Waals surface area contributed by atoms with Crippen LogP contribution in [0.2, 0.25) is 0 Å². The van der Waals surface area contributed by atoms with E-state index in [1.165, 1.54) is 4.90 Å². The van der Waals surface area contributed by atoms with Crippen molar-refractivity contribution in [3.63, 3.8) is 0 Å². The van der Waals surface area contributed by atoms with Crippen LogP contribution in [0.5, 0.6) is 5.75 Å². The highest BCUT2D eigenvalue weighted by Gasteiger charge is 2.39. The zero-order valence-corrected chi connectivity index (χ0v) is 37.2. The Balaban J connectivity index is 1.10. The van der Waals surface area contributed by atoms with Crippen LogP contribution < -0.4 is 15.4 Å². The Morgan fingerprint density at radius 2 is 1.07 bits per heavy atom. The number of hydrogen-bond donors (Lipinski definition) is 2. The summed E-state index contributed by atoms with van der Waals surface area (Å²) in [6, 6.07) is 66.1. The number of imidazole rings is 1. The van der Waals surface area contributed by atoms with Crippen LogP contribution in [0.3, 0.4) is 0 Å². The Morgan fingerprint density at radius 3 is 1.61 bits per heavy atom. The third kappa shape index (κ3) is 11.9. The maximum atomic E-state index is 15.1. The molecule has 3 amide bonds. The zero-order chi connectivity index (χ0) is 46.1. The first-order chi connectivity index (χ1) is 32.9. The van der Waals surface area contributed by atoms with Crippen molar-refractivity contribution >= 4 is 17.9 Å². The smallest absolute Gasteiger partial charge is 0.408 e. The Bertz CT molecular complexity index is 2680. The molecular weight excluding hydrogens is 835 g/mol. The molecule has 2 N–H and O–H groups in total. The molecule has 10 heteroatoms. The summed E-state index contributed by atoms with van der Waals surface area (Å²) in [6.45, 7) is 0.609. The maximum Gasteiger partial charge on any atom is 0.408 e. The van der Waals surface area contributed by atoms with E-state index in [0.29, 0.717) is 31.0 Å². The molecule has 0 aliphatic carbocycles. The molecule has 0 aliphatic rings. The molecule has 0 aliphatic heterocycles. The molecule has 8 aromatic rings. The number of amides is 3. The number of hydrogen-bond acceptors (Lipinski definition) is 6. The van der Waals surface area contributed by atoms with Crippen LogP contribution in [0, 0.1) is 0 Å². The minimum absolute atomic E-state index is 0.000884. The minimum Gasteiger partial charge on any atom is -0.489 e. The molecule has 0 saturated heterocycles. The number of benzene rings is 7. The molecule has 0 bridgehead atoms. The van der Waals surface area contributed by atoms with Gasteiger partial charge in [-0.25, -0.2) is 9.78 Å². The third-order valence-corrected chi connectivity index (χ3v) is 11.6. The quantitative estimate of drug-likeness (QED) is 0.0738. The summed E-state index contributed by atoms with van der Waals surface area (Å²) in [4.78, 5) is 48.9. The third-order valence-electron chi connectivity index (χ3n) is 11.6. The molecule has 10 nitrogen and oxygen atoms in total. The summed E-state index contributed by atoms with van der Waals surface area (Å²) in [5.74, 6) is -0.146. The second-order valence-electron chi connectivity index (χ2n) is 16.2. The Labute approximate surface area is 391 Å². The van der Waals surface area contributed by atoms with Crippen molar-refractivity contribution in [3.8, 4) is 5.75 Å². The molecule has 336 valence electrons. The van der Waals surface area contributed by atoms with Gasteiger partial charge in [-0.15, -0.1) is 0 Å². The van der Waals surface area contributed by atoms with Crippen molar-refractivity contribution in [1.82, 2.24) is 25.1 Å². The van der Waals surface area contributed by atoms with E-state index in [2.05, 4.69) is 51.6 Å². The predicted octanol–water partition coefficient (Wildman–Crippen LogP) is 9.53. The second kappa shape index (κ2) is 22.6. The van der Waals surface area contributed by atoms with Crippen LogP contribution in [0.4, 0.5) is 4.79 Å². The lowest BCUT2D eigenvalue weighted by molar-refractivity contribution is -0.138. The molecule has 7 aromatic carbocycles. The van der Waals surface area contributed by atoms with Crippen LogP contribution in [-0.2, 0) is 52.5 Å². The van der Waals surface area contributed by atoms with Gasteiger partial charge in [-0.05, 0) is 57.5 Å². The van der Waals surface area contributed by atoms with Crippen molar-refractivity contribution in [2.75, 3.05) is 13.1 Å². The van der Waals surface area contributed by atoms with Crippen molar-refractivity contribution < 1.29 is 23.9 Å². The number of nitrogens with one attached hydrogen (secondary N) is 2. The molecule has 0 unspecified atom stereocenters. The first kappa shape index (κ1) is 45.3. The lowest BCUT2D eigenvalue weighted by Crippen LogP contribution is -2.52. The van der Waals surface area contributed by atoms with Gasteiger partial charge in [0.1, 0.15) is 30.5 Å². The van der Waals surface area contributed by atoms with Crippen LogP contribution in [0.1, 0.15) is 44.6 Å². The van der Waals surface area contributed by atoms with E-state index in [0.717, 1.165) is 38.9 Å². The van der Waals surface area contributed by atoms with Gasteiger partial charge in [0.15, 0.2) is 0 Å². The molecular formula is C57H53N5O5. The van der Waals surface area contributed by atoms with Crippen molar-refractivity contribution in [3.05, 3.63) is 263 Å². The number of nitrogens with zero attached hydrogens (tertiary/aromatic N) is 3. The summed E-state index contributed by atoms with van der Waals surface area (Å²) < 4.78 is 13.8. The summed E-state index contributed by atoms with van der Waals surface area (Å²) in [5, 5.41) is 5.87. The monoisotopic (exact) mass is 887 g/mol. The van der Waals surface area contributed by atoms with E-state index in [-0.39, 0.29) is 32.0 Å². The molecule has 8 rings (SSSR count). The highest BCUT2D eigenvalue weighted by Crippen LogP contribution is 2.41. The van der Waals surface area contributed by atoms with E-state index in [1.54, 1.807) is 6.33 Å². The summed E-state index contributed by atoms with van der Waals surface area (Å²) in [6.07, 6.45) is 3.55. The molecule has 1 aromatic heterocycles. The fraction of sp³-hybridized carbons (Fsp3) is 0.158. The van der Waals surface area contributed by atoms with Crippen molar-refractivity contribution in [2.24, 2.45) is 0 Å². The van der Waals surface area contributed by atoms with Crippen LogP contribution in [0.25, 0.3) is 0 Å². The van der Waals surface area contributed by atoms with Crippen LogP contribution in [-0.4, -0.2) is 51.5 Å². The molecule has 0 spiro atoms. The SMILES string of the molecule is O=C(CN(Cc1ccc(OCc2ccccc2)cc1)C(=O)[C@H](Cc1cn(C(c2ccccc2)(c2ccccc2)c2ccccc2)cn1)NC(=O)OCc1ccccc1)NCCc1ccccc1. The average Bonchev–Trinajstić information content (AvgIpc) is 3.85. The fourth-order valence-corrected chi connectivity index (χ4v) is 8.26. The van der Waals surface area contributed by atoms with Gasteiger partial charge in [0, 0.05) is 25.7 Å². The number of carbonyl (C=O) groups is 3. The Kier molecular flexibility index (Phi) is 15.3. The number of rotatable bonds is 20. The van der Waals surface area contributed by atoms with E-state index in [9.17, 15) is 9.59 Å². The number of aromatic nitrogens is 2. The van der Waals surface area contributed by atoms with Gasteiger partial charge in [-0.2, -0.15) is 0 Å². The van der Waals surface area contributed by atoms with E-state index in [1.807, 2.05) is 176 Å². The van der Waals surface area contributed by atoms with Gasteiger partial charge >= 0.3 is 6.09 Å². The molecule has 0 radical (unpaired) electrons. The summed E-state index contributed by atoms with van der Waals surface area (Å²) >= 11 is 0. The van der Waals surface area contributed by atoms with Gasteiger partial charge in [-0.1, -0.05) is 194 Å². The molecule has 0 fully saturated rings. The average molecular weight is 888 g/mol. The number of alkyl carbamates (subject to hydrolysis) is 1. The highest BCUT2D eigenvalue weighted by molar-refractivity contribution is 5.89. The maximum absolute atomic E-state index is 15.1. The molecule has 0 saturated carbocycles. The van der Waals surface area contributed by atoms with Gasteiger partial charge in [0.25, 0.3) is 0 Å². The molecule has 67 heavy (non-hydrogen) atoms. The standard InChI is InChI=1S/C57H53N5O5/c63-54(58-36-35-44-19-7-1-8-20-44)40-61(38-45-31-33-52(34-32-45)66-41-46-21-9-2-10-22-46)55(64)53(60-56(65)67-42-47-23-11-3-12-24-47)37-51-39-62(43-59-51)57(48-25-13-4-14-26-48,49-27-15-5-16-28-49)50-29-17-6-18-30-50/h1-34,39,43,53H,35-38,40-42H2,(H,58,63)(H,60,65)/t53-/m0/s1. The van der Waals surface area contributed by atoms with Crippen LogP contribution >= 0.6 is 0 Å². The lowest BCUT2D eigenvalue weighted by atomic mass is 9.77. The van der Waals surface area contributed by atoms with E-state index < -0.39 is 23.6 Å². The summed E-state index contributed by atoms with van der Waals surface area (Å²) in [5.41, 5.74) is 6.40. The molecule has 1 atom stereocenters. The van der Waals surface area contributed by atoms with Gasteiger partial charge < -0.3 is 29.6 Å². The van der Waals surface area contributed by atoms with Crippen molar-refractivity contribution in [2.45, 2.75) is 44.2 Å². The Hall–Kier alpha value is -8.24. The predicted molar refractivity (Wildman–Crippen MR) is 260 cm³/mol. The van der Waals surface area contributed by atoms with Gasteiger partial charge in [0.2, 0.25) is 11.8 Å². The first-order valence-electron chi connectivity index (χ1n) is 22.5. The van der Waals surface area contributed by atoms with Gasteiger partial charge in [-0.3, -0.25) is 9.59 Å². The highest BCUT2D eigenvalue weighted by atomic mass is 16.5. The number of ether oxygens (including phenoxy) is 2. The normalized spacial score (nSPS) is 11.5. The van der Waals surface area contributed by atoms with Crippen LogP contribution in [0.15, 0.2) is 219 Å². The van der Waals surface area contributed by atoms with E-state index in [4.69, 9.17) is 14.5 Å². The van der Waals surface area contributed by atoms with E-state index >= 15 is 4.79 Å². The lowest BCUT2D eigenvalue weighted by Gasteiger charge is -2.37. The van der Waals surface area contributed by atoms with Crippen molar-refractivity contribution in [1.29, 1.82) is 0 Å². The summed E-state index contributed by atoms with van der Waals surface area (Å²) in [7, 11) is 0. The largest absolute Gasteiger partial charge is 0.489 e. The first-order valence-corrected chi connectivity index (χ1v) is 22.5. The Morgan fingerprint density at radius 1 is 0.582 bits per heavy atom. The van der Waals surface area contributed by atoms with Gasteiger partial charge in [0.05, 0.1) is 18.6 Å². The number of carbonyl (C=O) groups excluding carboxylic acids is 3. The fourth-order valence-electron chi connectivity index (χ4n) is 8.26.